The van der Waals surface area contributed by atoms with E-state index in [9.17, 15) is 9.59 Å². The Morgan fingerprint density at radius 1 is 1.36 bits per heavy atom. The molecule has 1 amide bonds. The first kappa shape index (κ1) is 16.0. The largest absolute Gasteiger partial charge is 0.437 e. The smallest absolute Gasteiger partial charge is 0.393 e. The SMILES string of the molecule is Cc1nn(CCONC(=O)CCCc2ccccc2)c(=O)o1. The van der Waals surface area contributed by atoms with Crippen LogP contribution in [0, 0.1) is 6.92 Å². The van der Waals surface area contributed by atoms with Crippen molar-refractivity contribution >= 4 is 5.91 Å². The number of carbonyl (C=O) groups excluding carboxylic acids is 1. The Kier molecular flexibility index (Phi) is 5.91. The van der Waals surface area contributed by atoms with Crippen LogP contribution in [-0.2, 0) is 22.6 Å². The molecule has 0 saturated carbocycles. The summed E-state index contributed by atoms with van der Waals surface area (Å²) in [6.07, 6.45) is 1.99. The Bertz CT molecular complexity index is 648. The highest BCUT2D eigenvalue weighted by molar-refractivity contribution is 5.74. The Hall–Kier alpha value is -2.41. The van der Waals surface area contributed by atoms with Gasteiger partial charge in [-0.15, -0.1) is 5.10 Å². The molecule has 1 N–H and O–H groups in total. The average Bonchev–Trinajstić information content (AvgIpc) is 2.83. The van der Waals surface area contributed by atoms with Crippen LogP contribution in [0.4, 0.5) is 0 Å². The van der Waals surface area contributed by atoms with Gasteiger partial charge in [-0.05, 0) is 18.4 Å². The first-order chi connectivity index (χ1) is 10.6. The number of hydrogen-bond donors (Lipinski definition) is 1. The summed E-state index contributed by atoms with van der Waals surface area (Å²) in [7, 11) is 0. The number of nitrogens with one attached hydrogen (secondary N) is 1. The van der Waals surface area contributed by atoms with Crippen LogP contribution in [0.2, 0.25) is 0 Å². The summed E-state index contributed by atoms with van der Waals surface area (Å²) in [6.45, 7) is 1.96. The van der Waals surface area contributed by atoms with E-state index in [0.717, 1.165) is 17.5 Å². The summed E-state index contributed by atoms with van der Waals surface area (Å²) in [4.78, 5) is 27.8. The lowest BCUT2D eigenvalue weighted by Crippen LogP contribution is -2.27. The van der Waals surface area contributed by atoms with Crippen LogP contribution in [0.3, 0.4) is 0 Å². The second-order valence-electron chi connectivity index (χ2n) is 4.82. The van der Waals surface area contributed by atoms with Crippen LogP contribution < -0.4 is 11.2 Å². The minimum absolute atomic E-state index is 0.149. The fraction of sp³-hybridized carbons (Fsp3) is 0.400. The van der Waals surface area contributed by atoms with Crippen LogP contribution in [0.25, 0.3) is 0 Å². The summed E-state index contributed by atoms with van der Waals surface area (Å²) < 4.78 is 5.89. The number of aryl methyl sites for hydroxylation is 2. The topological polar surface area (TPSA) is 86.4 Å². The Morgan fingerprint density at radius 3 is 2.82 bits per heavy atom. The van der Waals surface area contributed by atoms with Crippen molar-refractivity contribution in [1.29, 1.82) is 0 Å². The molecule has 7 nitrogen and oxygen atoms in total. The molecule has 0 bridgehead atoms. The molecule has 0 atom stereocenters. The lowest BCUT2D eigenvalue weighted by molar-refractivity contribution is -0.133. The first-order valence-electron chi connectivity index (χ1n) is 7.14. The van der Waals surface area contributed by atoms with E-state index in [0.29, 0.717) is 12.3 Å². The summed E-state index contributed by atoms with van der Waals surface area (Å²) in [6, 6.07) is 9.99. The number of hydroxylamine groups is 1. The highest BCUT2D eigenvalue weighted by Gasteiger charge is 2.05. The number of benzene rings is 1. The number of aromatic nitrogens is 2. The zero-order valence-corrected chi connectivity index (χ0v) is 12.4. The van der Waals surface area contributed by atoms with Crippen LogP contribution in [0.1, 0.15) is 24.3 Å². The fourth-order valence-corrected chi connectivity index (χ4v) is 1.96. The van der Waals surface area contributed by atoms with Gasteiger partial charge in [0.1, 0.15) is 0 Å². The molecule has 0 aliphatic rings. The van der Waals surface area contributed by atoms with Gasteiger partial charge in [-0.25, -0.2) is 10.3 Å². The molecule has 1 aromatic heterocycles. The second kappa shape index (κ2) is 8.14. The van der Waals surface area contributed by atoms with E-state index in [-0.39, 0.29) is 19.1 Å². The van der Waals surface area contributed by atoms with Crippen LogP contribution in [-0.4, -0.2) is 22.3 Å². The van der Waals surface area contributed by atoms with E-state index < -0.39 is 5.76 Å². The van der Waals surface area contributed by atoms with Crippen molar-refractivity contribution in [2.45, 2.75) is 32.7 Å². The van der Waals surface area contributed by atoms with Crippen LogP contribution in [0.15, 0.2) is 39.5 Å². The standard InChI is InChI=1S/C15H19N3O4/c1-12-16-18(15(20)22-12)10-11-21-17-14(19)9-5-8-13-6-3-2-4-7-13/h2-4,6-7H,5,8-11H2,1H3,(H,17,19). The predicted molar refractivity (Wildman–Crippen MR) is 79.0 cm³/mol. The molecular formula is C15H19N3O4. The minimum atomic E-state index is -0.532. The van der Waals surface area contributed by atoms with Crippen molar-refractivity contribution in [2.75, 3.05) is 6.61 Å². The Labute approximate surface area is 127 Å². The molecule has 0 aliphatic carbocycles. The lowest BCUT2D eigenvalue weighted by Gasteiger charge is -2.05. The maximum absolute atomic E-state index is 11.6. The van der Waals surface area contributed by atoms with Gasteiger partial charge in [-0.2, -0.15) is 4.68 Å². The molecule has 1 heterocycles. The predicted octanol–water partition coefficient (Wildman–Crippen LogP) is 1.22. The molecule has 7 heteroatoms. The van der Waals surface area contributed by atoms with E-state index in [4.69, 9.17) is 9.25 Å². The van der Waals surface area contributed by atoms with E-state index >= 15 is 0 Å². The molecule has 0 radical (unpaired) electrons. The van der Waals surface area contributed by atoms with Gasteiger partial charge in [0, 0.05) is 13.3 Å². The van der Waals surface area contributed by atoms with Crippen LogP contribution >= 0.6 is 0 Å². The molecule has 2 rings (SSSR count). The molecule has 0 spiro atoms. The van der Waals surface area contributed by atoms with Crippen molar-refractivity contribution in [3.63, 3.8) is 0 Å². The van der Waals surface area contributed by atoms with Gasteiger partial charge in [0.2, 0.25) is 11.8 Å². The van der Waals surface area contributed by atoms with Gasteiger partial charge in [-0.1, -0.05) is 30.3 Å². The van der Waals surface area contributed by atoms with Crippen molar-refractivity contribution in [2.24, 2.45) is 0 Å². The normalized spacial score (nSPS) is 10.6. The number of amides is 1. The second-order valence-corrected chi connectivity index (χ2v) is 4.82. The number of carbonyl (C=O) groups is 1. The number of rotatable bonds is 8. The van der Waals surface area contributed by atoms with E-state index in [1.165, 1.54) is 5.56 Å². The minimum Gasteiger partial charge on any atom is -0.393 e. The summed E-state index contributed by atoms with van der Waals surface area (Å²) >= 11 is 0. The molecule has 0 saturated heterocycles. The number of hydrogen-bond acceptors (Lipinski definition) is 5. The molecular weight excluding hydrogens is 286 g/mol. The Morgan fingerprint density at radius 2 is 2.14 bits per heavy atom. The number of nitrogens with zero attached hydrogens (tertiary/aromatic N) is 2. The maximum Gasteiger partial charge on any atom is 0.437 e. The molecule has 0 aliphatic heterocycles. The van der Waals surface area contributed by atoms with Crippen molar-refractivity contribution in [1.82, 2.24) is 15.3 Å². The monoisotopic (exact) mass is 305 g/mol. The zero-order chi connectivity index (χ0) is 15.8. The van der Waals surface area contributed by atoms with Gasteiger partial charge in [0.05, 0.1) is 13.2 Å². The van der Waals surface area contributed by atoms with Gasteiger partial charge in [0.25, 0.3) is 0 Å². The average molecular weight is 305 g/mol. The fourth-order valence-electron chi connectivity index (χ4n) is 1.96. The highest BCUT2D eigenvalue weighted by Crippen LogP contribution is 2.04. The van der Waals surface area contributed by atoms with Gasteiger partial charge in [0.15, 0.2) is 0 Å². The lowest BCUT2D eigenvalue weighted by atomic mass is 10.1. The molecule has 118 valence electrons. The first-order valence-corrected chi connectivity index (χ1v) is 7.14. The zero-order valence-electron chi connectivity index (χ0n) is 12.4. The molecule has 22 heavy (non-hydrogen) atoms. The Balaban J connectivity index is 1.58. The third kappa shape index (κ3) is 5.17. The quantitative estimate of drug-likeness (QED) is 0.585. The summed E-state index contributed by atoms with van der Waals surface area (Å²) in [5, 5.41) is 3.85. The van der Waals surface area contributed by atoms with Crippen molar-refractivity contribution in [3.8, 4) is 0 Å². The highest BCUT2D eigenvalue weighted by atomic mass is 16.7. The van der Waals surface area contributed by atoms with Gasteiger partial charge >= 0.3 is 5.76 Å². The van der Waals surface area contributed by atoms with E-state index in [2.05, 4.69) is 10.6 Å². The maximum atomic E-state index is 11.6. The van der Waals surface area contributed by atoms with E-state index in [1.54, 1.807) is 6.92 Å². The van der Waals surface area contributed by atoms with Gasteiger partial charge < -0.3 is 4.42 Å². The van der Waals surface area contributed by atoms with Gasteiger partial charge in [-0.3, -0.25) is 9.63 Å². The molecule has 2 aromatic rings. The molecule has 0 fully saturated rings. The summed E-state index contributed by atoms with van der Waals surface area (Å²) in [5.41, 5.74) is 3.56. The molecule has 1 aromatic carbocycles. The molecule has 0 unspecified atom stereocenters. The van der Waals surface area contributed by atoms with Crippen molar-refractivity contribution in [3.05, 3.63) is 52.3 Å². The van der Waals surface area contributed by atoms with Crippen LogP contribution in [0.5, 0.6) is 0 Å². The third-order valence-electron chi connectivity index (χ3n) is 3.01. The third-order valence-corrected chi connectivity index (χ3v) is 3.01. The van der Waals surface area contributed by atoms with Crippen molar-refractivity contribution < 1.29 is 14.0 Å². The summed E-state index contributed by atoms with van der Waals surface area (Å²) in [5.74, 6) is -0.412. The van der Waals surface area contributed by atoms with E-state index in [1.807, 2.05) is 30.3 Å².